The number of nitrogens with zero attached hydrogens (tertiary/aromatic N) is 2. The first kappa shape index (κ1) is 15.4. The molecule has 7 nitrogen and oxygen atoms in total. The van der Waals surface area contributed by atoms with Gasteiger partial charge in [-0.2, -0.15) is 4.98 Å². The van der Waals surface area contributed by atoms with Crippen LogP contribution < -0.4 is 10.4 Å². The van der Waals surface area contributed by atoms with Crippen molar-refractivity contribution in [2.75, 3.05) is 7.11 Å². The van der Waals surface area contributed by atoms with Crippen LogP contribution in [0.5, 0.6) is 5.75 Å². The lowest BCUT2D eigenvalue weighted by molar-refractivity contribution is -0.383. The van der Waals surface area contributed by atoms with Gasteiger partial charge in [0.2, 0.25) is 0 Å². The number of ether oxygens (including phenoxy) is 1. The van der Waals surface area contributed by atoms with Gasteiger partial charge in [0.25, 0.3) is 0 Å². The van der Waals surface area contributed by atoms with Crippen molar-refractivity contribution in [3.8, 4) is 28.3 Å². The van der Waals surface area contributed by atoms with E-state index in [1.54, 1.807) is 54.6 Å². The molecule has 1 N–H and O–H groups in total. The molecule has 1 heterocycles. The number of rotatable bonds is 4. The Morgan fingerprint density at radius 3 is 2.29 bits per heavy atom. The fourth-order valence-corrected chi connectivity index (χ4v) is 2.41. The van der Waals surface area contributed by atoms with Crippen molar-refractivity contribution in [3.05, 3.63) is 75.2 Å². The van der Waals surface area contributed by atoms with E-state index in [4.69, 9.17) is 4.74 Å². The highest BCUT2D eigenvalue weighted by Gasteiger charge is 2.25. The molecule has 0 amide bonds. The zero-order chi connectivity index (χ0) is 17.1. The second-order valence-electron chi connectivity index (χ2n) is 4.97. The quantitative estimate of drug-likeness (QED) is 0.588. The zero-order valence-corrected chi connectivity index (χ0v) is 12.7. The van der Waals surface area contributed by atoms with Crippen LogP contribution in [0.2, 0.25) is 0 Å². The van der Waals surface area contributed by atoms with Gasteiger partial charge in [0, 0.05) is 11.1 Å². The maximum atomic E-state index is 11.9. The smallest absolute Gasteiger partial charge is 0.346 e. The molecule has 2 aromatic carbocycles. The summed E-state index contributed by atoms with van der Waals surface area (Å²) in [5.41, 5.74) is 0.261. The standard InChI is InChI=1S/C17H13N3O4/c1-24-13-9-7-12(8-10-13)15-16(20(22)23)14(18-17(21)19-15)11-5-3-2-4-6-11/h2-10H,1H3,(H,18,19,21). The predicted octanol–water partition coefficient (Wildman–Crippen LogP) is 3.02. The molecule has 24 heavy (non-hydrogen) atoms. The van der Waals surface area contributed by atoms with Gasteiger partial charge < -0.3 is 4.74 Å². The van der Waals surface area contributed by atoms with Crippen molar-refractivity contribution in [3.63, 3.8) is 0 Å². The Labute approximate surface area is 136 Å². The number of aromatic amines is 1. The molecule has 0 fully saturated rings. The maximum Gasteiger partial charge on any atom is 0.346 e. The van der Waals surface area contributed by atoms with Gasteiger partial charge >= 0.3 is 11.4 Å². The number of methoxy groups -OCH3 is 1. The van der Waals surface area contributed by atoms with Crippen molar-refractivity contribution < 1.29 is 9.66 Å². The van der Waals surface area contributed by atoms with E-state index in [2.05, 4.69) is 9.97 Å². The lowest BCUT2D eigenvalue weighted by Crippen LogP contribution is -2.15. The van der Waals surface area contributed by atoms with Crippen LogP contribution in [0.15, 0.2) is 59.4 Å². The van der Waals surface area contributed by atoms with Gasteiger partial charge in [-0.05, 0) is 24.3 Å². The summed E-state index contributed by atoms with van der Waals surface area (Å²) >= 11 is 0. The van der Waals surface area contributed by atoms with Crippen LogP contribution >= 0.6 is 0 Å². The SMILES string of the molecule is COc1ccc(-c2[nH]c(=O)nc(-c3ccccc3)c2[N+](=O)[O-])cc1. The lowest BCUT2D eigenvalue weighted by Gasteiger charge is -2.08. The fourth-order valence-electron chi connectivity index (χ4n) is 2.41. The molecule has 120 valence electrons. The molecule has 7 heteroatoms. The van der Waals surface area contributed by atoms with Gasteiger partial charge in [0.15, 0.2) is 5.69 Å². The molecule has 0 aliphatic rings. The van der Waals surface area contributed by atoms with E-state index in [-0.39, 0.29) is 17.1 Å². The largest absolute Gasteiger partial charge is 0.497 e. The Morgan fingerprint density at radius 2 is 1.71 bits per heavy atom. The molecule has 3 rings (SSSR count). The molecule has 0 saturated heterocycles. The van der Waals surface area contributed by atoms with Crippen molar-refractivity contribution in [2.24, 2.45) is 0 Å². The van der Waals surface area contributed by atoms with Crippen LogP contribution in [0, 0.1) is 10.1 Å². The highest BCUT2D eigenvalue weighted by atomic mass is 16.6. The molecule has 0 saturated carbocycles. The minimum absolute atomic E-state index is 0.0372. The summed E-state index contributed by atoms with van der Waals surface area (Å²) in [7, 11) is 1.53. The molecular formula is C17H13N3O4. The monoisotopic (exact) mass is 323 g/mol. The van der Waals surface area contributed by atoms with Crippen LogP contribution in [0.25, 0.3) is 22.5 Å². The molecule has 0 bridgehead atoms. The van der Waals surface area contributed by atoms with E-state index in [1.165, 1.54) is 7.11 Å². The summed E-state index contributed by atoms with van der Waals surface area (Å²) < 4.78 is 5.08. The molecule has 0 radical (unpaired) electrons. The molecule has 0 spiro atoms. The highest BCUT2D eigenvalue weighted by molar-refractivity contribution is 5.81. The third kappa shape index (κ3) is 2.87. The van der Waals surface area contributed by atoms with Crippen LogP contribution in [-0.2, 0) is 0 Å². The second-order valence-corrected chi connectivity index (χ2v) is 4.97. The average Bonchev–Trinajstić information content (AvgIpc) is 2.61. The number of nitro groups is 1. The summed E-state index contributed by atoms with van der Waals surface area (Å²) in [5.74, 6) is 0.612. The van der Waals surface area contributed by atoms with Crippen molar-refractivity contribution in [2.45, 2.75) is 0 Å². The van der Waals surface area contributed by atoms with Gasteiger partial charge in [0.05, 0.1) is 12.0 Å². The first-order valence-corrected chi connectivity index (χ1v) is 7.08. The number of hydrogen-bond donors (Lipinski definition) is 1. The third-order valence-electron chi connectivity index (χ3n) is 3.51. The van der Waals surface area contributed by atoms with Crippen LogP contribution in [0.4, 0.5) is 5.69 Å². The minimum atomic E-state index is -0.648. The third-order valence-corrected chi connectivity index (χ3v) is 3.51. The first-order valence-electron chi connectivity index (χ1n) is 7.08. The van der Waals surface area contributed by atoms with Gasteiger partial charge in [-0.15, -0.1) is 0 Å². The predicted molar refractivity (Wildman–Crippen MR) is 88.9 cm³/mol. The molecule has 3 aromatic rings. The second kappa shape index (κ2) is 6.33. The van der Waals surface area contributed by atoms with Crippen molar-refractivity contribution in [1.82, 2.24) is 9.97 Å². The Kier molecular flexibility index (Phi) is 4.07. The maximum absolute atomic E-state index is 11.9. The van der Waals surface area contributed by atoms with E-state index in [0.717, 1.165) is 0 Å². The summed E-state index contributed by atoms with van der Waals surface area (Å²) in [6, 6.07) is 15.2. The van der Waals surface area contributed by atoms with Gasteiger partial charge in [-0.1, -0.05) is 30.3 Å². The molecule has 0 aliphatic heterocycles. The van der Waals surface area contributed by atoms with Crippen molar-refractivity contribution in [1.29, 1.82) is 0 Å². The fraction of sp³-hybridized carbons (Fsp3) is 0.0588. The zero-order valence-electron chi connectivity index (χ0n) is 12.7. The van der Waals surface area contributed by atoms with E-state index < -0.39 is 10.6 Å². The number of aromatic nitrogens is 2. The van der Waals surface area contributed by atoms with Crippen LogP contribution in [0.3, 0.4) is 0 Å². The summed E-state index contributed by atoms with van der Waals surface area (Å²) in [4.78, 5) is 29.3. The number of nitrogens with one attached hydrogen (secondary N) is 1. The Balaban J connectivity index is 2.27. The molecule has 0 aliphatic carbocycles. The van der Waals surface area contributed by atoms with Crippen LogP contribution in [-0.4, -0.2) is 22.0 Å². The average molecular weight is 323 g/mol. The van der Waals surface area contributed by atoms with E-state index in [9.17, 15) is 14.9 Å². The normalized spacial score (nSPS) is 10.4. The Bertz CT molecular complexity index is 934. The summed E-state index contributed by atoms with van der Waals surface area (Å²) in [6.45, 7) is 0. The molecule has 0 unspecified atom stereocenters. The highest BCUT2D eigenvalue weighted by Crippen LogP contribution is 2.35. The van der Waals surface area contributed by atoms with Gasteiger partial charge in [-0.3, -0.25) is 15.1 Å². The Hall–Kier alpha value is -3.48. The topological polar surface area (TPSA) is 98.1 Å². The van der Waals surface area contributed by atoms with Gasteiger partial charge in [-0.25, -0.2) is 4.79 Å². The number of H-pyrrole nitrogens is 1. The molecular weight excluding hydrogens is 310 g/mol. The van der Waals surface area contributed by atoms with E-state index in [1.807, 2.05) is 0 Å². The van der Waals surface area contributed by atoms with E-state index >= 15 is 0 Å². The van der Waals surface area contributed by atoms with Crippen molar-refractivity contribution >= 4 is 5.69 Å². The summed E-state index contributed by atoms with van der Waals surface area (Å²) in [6.07, 6.45) is 0. The Morgan fingerprint density at radius 1 is 1.04 bits per heavy atom. The number of benzene rings is 2. The molecule has 0 atom stereocenters. The first-order chi connectivity index (χ1) is 11.6. The van der Waals surface area contributed by atoms with Crippen LogP contribution in [0.1, 0.15) is 0 Å². The van der Waals surface area contributed by atoms with E-state index in [0.29, 0.717) is 16.9 Å². The molecule has 1 aromatic heterocycles. The summed E-state index contributed by atoms with van der Waals surface area (Å²) in [5, 5.41) is 11.6. The lowest BCUT2D eigenvalue weighted by atomic mass is 10.0. The minimum Gasteiger partial charge on any atom is -0.497 e. The number of hydrogen-bond acceptors (Lipinski definition) is 5. The van der Waals surface area contributed by atoms with Gasteiger partial charge in [0.1, 0.15) is 11.4 Å².